The number of ether oxygens (including phenoxy) is 3. The maximum atomic E-state index is 13.2. The molecule has 1 aliphatic rings. The van der Waals surface area contributed by atoms with Crippen molar-refractivity contribution in [1.29, 1.82) is 0 Å². The van der Waals surface area contributed by atoms with Gasteiger partial charge in [0.15, 0.2) is 11.4 Å². The van der Waals surface area contributed by atoms with Crippen molar-refractivity contribution < 1.29 is 42.9 Å². The lowest BCUT2D eigenvalue weighted by Gasteiger charge is -2.33. The van der Waals surface area contributed by atoms with Crippen molar-refractivity contribution in [3.8, 4) is 0 Å². The minimum atomic E-state index is -4.72. The van der Waals surface area contributed by atoms with Gasteiger partial charge in [-0.1, -0.05) is 121 Å². The second kappa shape index (κ2) is 22.7. The second-order valence-corrected chi connectivity index (χ2v) is 15.8. The van der Waals surface area contributed by atoms with E-state index in [1.165, 1.54) is 87.9 Å². The zero-order valence-electron chi connectivity index (χ0n) is 31.9. The van der Waals surface area contributed by atoms with E-state index in [2.05, 4.69) is 28.7 Å². The standard InChI is InChI=1S/C39H62N5O9P/c1-3-4-5-6-7-8-9-10-11-12-13-14-15-19-24-49-26-33(50-25-32-20-17-16-18-21-32)27-52-54(47,48)53-29-38(28-41-2)37(45)39(46,30-51-38)35-23-22-34-36(40)42-31-43-44(34)35/h16-18,20-23,31,33,37,45-46H,2-15,19,24-30H2,1H3,(H,47,48)(H2,40,42,43)/t33-,37+,38+,39-/m0/s1. The molecule has 1 fully saturated rings. The van der Waals surface area contributed by atoms with Crippen LogP contribution in [0.4, 0.5) is 5.82 Å². The number of phosphoric ester groups is 1. The fourth-order valence-electron chi connectivity index (χ4n) is 6.78. The molecule has 0 bridgehead atoms. The van der Waals surface area contributed by atoms with Gasteiger partial charge in [-0.25, -0.2) is 14.1 Å². The van der Waals surface area contributed by atoms with Crippen molar-refractivity contribution >= 4 is 25.9 Å². The van der Waals surface area contributed by atoms with Crippen LogP contribution in [0, 0.1) is 0 Å². The predicted octanol–water partition coefficient (Wildman–Crippen LogP) is 6.55. The van der Waals surface area contributed by atoms with Crippen molar-refractivity contribution in [3.05, 3.63) is 60.0 Å². The number of unbranched alkanes of at least 4 members (excludes halogenated alkanes) is 13. The summed E-state index contributed by atoms with van der Waals surface area (Å²) in [6.45, 7) is 5.11. The molecule has 14 nitrogen and oxygen atoms in total. The maximum absolute atomic E-state index is 13.2. The summed E-state index contributed by atoms with van der Waals surface area (Å²) >= 11 is 0. The van der Waals surface area contributed by atoms with Crippen molar-refractivity contribution in [2.75, 3.05) is 45.3 Å². The lowest BCUT2D eigenvalue weighted by atomic mass is 9.85. The Kier molecular flexibility index (Phi) is 18.5. The summed E-state index contributed by atoms with van der Waals surface area (Å²) in [5, 5.41) is 27.3. The summed E-state index contributed by atoms with van der Waals surface area (Å²) in [4.78, 5) is 18.5. The first kappa shape index (κ1) is 43.9. The summed E-state index contributed by atoms with van der Waals surface area (Å²) in [5.74, 6) is 0.181. The number of hydrogen-bond donors (Lipinski definition) is 4. The zero-order chi connectivity index (χ0) is 38.7. The summed E-state index contributed by atoms with van der Waals surface area (Å²) in [7, 11) is -4.72. The van der Waals surface area contributed by atoms with Crippen molar-refractivity contribution in [2.24, 2.45) is 4.99 Å². The molecule has 0 aliphatic carbocycles. The van der Waals surface area contributed by atoms with Gasteiger partial charge in [-0.15, -0.1) is 0 Å². The van der Waals surface area contributed by atoms with Crippen LogP contribution < -0.4 is 5.73 Å². The SMILES string of the molecule is C=NC[C@]1(COP(=O)(O)OC[C@H](COCCCCCCCCCCCCCCCC)OCc2ccccc2)OC[C@](O)(c2ccc3c(N)ncnn23)[C@@H]1O. The summed E-state index contributed by atoms with van der Waals surface area (Å²) < 4.78 is 43.1. The summed E-state index contributed by atoms with van der Waals surface area (Å²) in [6.07, 6.45) is 16.7. The number of aliphatic hydroxyl groups is 2. The van der Waals surface area contributed by atoms with Gasteiger partial charge in [0.2, 0.25) is 0 Å². The molecule has 4 rings (SSSR count). The van der Waals surface area contributed by atoms with Crippen LogP contribution in [0.2, 0.25) is 0 Å². The summed E-state index contributed by atoms with van der Waals surface area (Å²) in [6, 6.07) is 12.7. The molecular weight excluding hydrogens is 713 g/mol. The molecule has 1 saturated heterocycles. The van der Waals surface area contributed by atoms with Crippen LogP contribution >= 0.6 is 7.82 Å². The molecule has 0 saturated carbocycles. The van der Waals surface area contributed by atoms with E-state index in [0.717, 1.165) is 18.4 Å². The number of aliphatic hydroxyl groups excluding tert-OH is 1. The number of phosphoric acid groups is 1. The molecule has 1 aliphatic heterocycles. The van der Waals surface area contributed by atoms with Gasteiger partial charge in [-0.3, -0.25) is 14.0 Å². The van der Waals surface area contributed by atoms with E-state index in [-0.39, 0.29) is 37.9 Å². The Bertz CT molecular complexity index is 1570. The molecule has 0 radical (unpaired) electrons. The van der Waals surface area contributed by atoms with Gasteiger partial charge in [-0.2, -0.15) is 5.10 Å². The first-order chi connectivity index (χ1) is 26.1. The minimum absolute atomic E-state index is 0.157. The third-order valence-electron chi connectivity index (χ3n) is 10.0. The van der Waals surface area contributed by atoms with E-state index in [4.69, 9.17) is 29.0 Å². The van der Waals surface area contributed by atoms with Crippen LogP contribution in [0.15, 0.2) is 53.8 Å². The number of nitrogen functional groups attached to an aromatic ring is 1. The number of fused-ring (bicyclic) bond motifs is 1. The number of anilines is 1. The number of benzene rings is 1. The van der Waals surface area contributed by atoms with E-state index < -0.39 is 44.4 Å². The van der Waals surface area contributed by atoms with Gasteiger partial charge in [0.25, 0.3) is 0 Å². The third kappa shape index (κ3) is 13.2. The van der Waals surface area contributed by atoms with Crippen LogP contribution in [0.1, 0.15) is 108 Å². The maximum Gasteiger partial charge on any atom is 0.472 e. The predicted molar refractivity (Wildman–Crippen MR) is 208 cm³/mol. The van der Waals surface area contributed by atoms with Crippen LogP contribution in [0.5, 0.6) is 0 Å². The molecule has 5 N–H and O–H groups in total. The molecule has 1 unspecified atom stereocenters. The topological polar surface area (TPSA) is 192 Å². The van der Waals surface area contributed by atoms with Crippen LogP contribution in [0.3, 0.4) is 0 Å². The molecule has 1 aromatic carbocycles. The largest absolute Gasteiger partial charge is 0.472 e. The number of aromatic nitrogens is 3. The molecule has 302 valence electrons. The molecule has 0 spiro atoms. The number of nitrogens with two attached hydrogens (primary N) is 1. The van der Waals surface area contributed by atoms with Crippen LogP contribution in [0.25, 0.3) is 5.52 Å². The van der Waals surface area contributed by atoms with Gasteiger partial charge in [0.1, 0.15) is 29.7 Å². The normalized spacial score (nSPS) is 21.7. The number of hydrogen-bond acceptors (Lipinski definition) is 12. The van der Waals surface area contributed by atoms with E-state index in [1.54, 1.807) is 12.1 Å². The fourth-order valence-corrected chi connectivity index (χ4v) is 7.59. The lowest BCUT2D eigenvalue weighted by Crippen LogP contribution is -2.53. The lowest BCUT2D eigenvalue weighted by molar-refractivity contribution is -0.105. The second-order valence-electron chi connectivity index (χ2n) is 14.4. The van der Waals surface area contributed by atoms with Crippen molar-refractivity contribution in [3.63, 3.8) is 0 Å². The third-order valence-corrected chi connectivity index (χ3v) is 10.9. The van der Waals surface area contributed by atoms with Gasteiger partial charge in [-0.05, 0) is 30.8 Å². The Balaban J connectivity index is 1.21. The monoisotopic (exact) mass is 775 g/mol. The Hall–Kier alpha value is -2.78. The molecular formula is C39H62N5O9P. The smallest absolute Gasteiger partial charge is 0.386 e. The van der Waals surface area contributed by atoms with E-state index in [1.807, 2.05) is 30.3 Å². The van der Waals surface area contributed by atoms with Crippen molar-refractivity contribution in [1.82, 2.24) is 14.6 Å². The van der Waals surface area contributed by atoms with Crippen molar-refractivity contribution in [2.45, 2.75) is 127 Å². The fraction of sp³-hybridized carbons (Fsp3) is 0.667. The first-order valence-electron chi connectivity index (χ1n) is 19.5. The van der Waals surface area contributed by atoms with Gasteiger partial charge in [0, 0.05) is 6.61 Å². The molecule has 5 atom stereocenters. The van der Waals surface area contributed by atoms with Crippen LogP contribution in [-0.4, -0.2) is 93.8 Å². The highest BCUT2D eigenvalue weighted by atomic mass is 31.2. The van der Waals surface area contributed by atoms with Gasteiger partial charge in [0.05, 0.1) is 45.3 Å². The molecule has 3 heterocycles. The Labute approximate surface area is 320 Å². The number of nitrogens with zero attached hydrogens (tertiary/aromatic N) is 4. The highest BCUT2D eigenvalue weighted by Gasteiger charge is 2.60. The molecule has 15 heteroatoms. The van der Waals surface area contributed by atoms with E-state index in [0.29, 0.717) is 12.1 Å². The Morgan fingerprint density at radius 3 is 2.28 bits per heavy atom. The first-order valence-corrected chi connectivity index (χ1v) is 21.0. The number of aliphatic imine (C=N–C) groups is 1. The quantitative estimate of drug-likeness (QED) is 0.0338. The van der Waals surface area contributed by atoms with E-state index >= 15 is 0 Å². The number of rotatable bonds is 29. The molecule has 54 heavy (non-hydrogen) atoms. The summed E-state index contributed by atoms with van der Waals surface area (Å²) in [5.41, 5.74) is 3.75. The minimum Gasteiger partial charge on any atom is -0.386 e. The van der Waals surface area contributed by atoms with Gasteiger partial charge >= 0.3 is 7.82 Å². The zero-order valence-corrected chi connectivity index (χ0v) is 32.8. The average molecular weight is 776 g/mol. The Morgan fingerprint density at radius 2 is 1.63 bits per heavy atom. The van der Waals surface area contributed by atoms with E-state index in [9.17, 15) is 19.7 Å². The molecule has 0 amide bonds. The van der Waals surface area contributed by atoms with Crippen LogP contribution in [-0.2, 0) is 40.0 Å². The average Bonchev–Trinajstić information content (AvgIpc) is 3.72. The van der Waals surface area contributed by atoms with Gasteiger partial charge < -0.3 is 35.1 Å². The molecule has 3 aromatic rings. The highest BCUT2D eigenvalue weighted by molar-refractivity contribution is 7.47. The Morgan fingerprint density at radius 1 is 0.981 bits per heavy atom. The highest BCUT2D eigenvalue weighted by Crippen LogP contribution is 2.48. The molecule has 2 aromatic heterocycles.